The second-order valence-corrected chi connectivity index (χ2v) is 7.01. The first kappa shape index (κ1) is 13.8. The monoisotopic (exact) mass is 316 g/mol. The maximum absolute atomic E-state index is 12.4. The zero-order valence-electron chi connectivity index (χ0n) is 12.7. The molecule has 5 nitrogen and oxygen atoms in total. The quantitative estimate of drug-likeness (QED) is 0.745. The molecule has 3 aromatic rings. The van der Waals surface area contributed by atoms with Crippen molar-refractivity contribution in [2.24, 2.45) is 7.05 Å². The number of imidazole rings is 1. The van der Waals surface area contributed by atoms with Crippen molar-refractivity contribution in [3.8, 4) is 0 Å². The molecule has 0 unspecified atom stereocenters. The number of fused-ring (bicyclic) bond motifs is 1. The second kappa shape index (κ2) is 5.43. The van der Waals surface area contributed by atoms with Gasteiger partial charge in [0.2, 0.25) is 0 Å². The first-order valence-corrected chi connectivity index (χ1v) is 8.79. The fourth-order valence-electron chi connectivity index (χ4n) is 3.45. The molecule has 1 aliphatic carbocycles. The van der Waals surface area contributed by atoms with Crippen molar-refractivity contribution in [3.63, 3.8) is 0 Å². The van der Waals surface area contributed by atoms with Crippen molar-refractivity contribution in [2.45, 2.75) is 44.7 Å². The summed E-state index contributed by atoms with van der Waals surface area (Å²) in [6.07, 6.45) is 8.47. The zero-order valence-corrected chi connectivity index (χ0v) is 13.6. The highest BCUT2D eigenvalue weighted by Crippen LogP contribution is 2.27. The summed E-state index contributed by atoms with van der Waals surface area (Å²) in [5.41, 5.74) is 2.00. The molecule has 6 heteroatoms. The van der Waals surface area contributed by atoms with E-state index in [0.29, 0.717) is 12.6 Å². The predicted molar refractivity (Wildman–Crippen MR) is 88.5 cm³/mol. The molecule has 0 radical (unpaired) electrons. The third-order valence-corrected chi connectivity index (χ3v) is 5.65. The lowest BCUT2D eigenvalue weighted by Crippen LogP contribution is -2.23. The average molecular weight is 316 g/mol. The lowest BCUT2D eigenvalue weighted by molar-refractivity contribution is 0.328. The number of thiophene rings is 1. The summed E-state index contributed by atoms with van der Waals surface area (Å²) in [6, 6.07) is 4.60. The standard InChI is InChI=1S/C16H20N4OS/c1-18-15-14(8-10-22-15)19(16(18)21)11-12-7-9-20(17-12)13-5-3-2-4-6-13/h7-10,13H,2-6,11H2,1H3. The second-order valence-electron chi connectivity index (χ2n) is 6.12. The van der Waals surface area contributed by atoms with Crippen molar-refractivity contribution >= 4 is 21.7 Å². The van der Waals surface area contributed by atoms with E-state index in [1.165, 1.54) is 32.1 Å². The average Bonchev–Trinajstić information content (AvgIpc) is 3.25. The Balaban J connectivity index is 1.63. The molecule has 3 aromatic heterocycles. The molecule has 0 bridgehead atoms. The summed E-state index contributed by atoms with van der Waals surface area (Å²) >= 11 is 1.60. The van der Waals surface area contributed by atoms with E-state index in [2.05, 4.69) is 10.9 Å². The molecule has 3 heterocycles. The van der Waals surface area contributed by atoms with Gasteiger partial charge < -0.3 is 0 Å². The van der Waals surface area contributed by atoms with Gasteiger partial charge in [-0.2, -0.15) is 5.10 Å². The van der Waals surface area contributed by atoms with Gasteiger partial charge in [0, 0.05) is 13.2 Å². The third kappa shape index (κ3) is 2.22. The number of hydrogen-bond acceptors (Lipinski definition) is 3. The van der Waals surface area contributed by atoms with Crippen LogP contribution in [0.4, 0.5) is 0 Å². The molecule has 22 heavy (non-hydrogen) atoms. The van der Waals surface area contributed by atoms with Gasteiger partial charge in [-0.15, -0.1) is 11.3 Å². The summed E-state index contributed by atoms with van der Waals surface area (Å²) in [5.74, 6) is 0. The minimum atomic E-state index is 0.0362. The molecule has 116 valence electrons. The normalized spacial score (nSPS) is 16.6. The van der Waals surface area contributed by atoms with Crippen molar-refractivity contribution in [1.82, 2.24) is 18.9 Å². The molecule has 1 aliphatic rings. The molecule has 0 aromatic carbocycles. The summed E-state index contributed by atoms with van der Waals surface area (Å²) in [6.45, 7) is 0.548. The summed E-state index contributed by atoms with van der Waals surface area (Å²) < 4.78 is 5.64. The van der Waals surface area contributed by atoms with Gasteiger partial charge in [0.05, 0.1) is 23.8 Å². The predicted octanol–water partition coefficient (Wildman–Crippen LogP) is 3.15. The Morgan fingerprint density at radius 2 is 2.09 bits per heavy atom. The van der Waals surface area contributed by atoms with E-state index in [1.807, 2.05) is 29.1 Å². The lowest BCUT2D eigenvalue weighted by atomic mass is 9.96. The molecule has 0 aliphatic heterocycles. The van der Waals surface area contributed by atoms with Crippen LogP contribution in [0.5, 0.6) is 0 Å². The smallest absolute Gasteiger partial charge is 0.286 e. The van der Waals surface area contributed by atoms with Crippen molar-refractivity contribution in [2.75, 3.05) is 0 Å². The van der Waals surface area contributed by atoms with Gasteiger partial charge in [-0.3, -0.25) is 13.8 Å². The zero-order chi connectivity index (χ0) is 15.1. The van der Waals surface area contributed by atoms with E-state index in [9.17, 15) is 4.79 Å². The van der Waals surface area contributed by atoms with Crippen LogP contribution in [-0.2, 0) is 13.6 Å². The van der Waals surface area contributed by atoms with E-state index in [1.54, 1.807) is 15.9 Å². The highest BCUT2D eigenvalue weighted by Gasteiger charge is 2.17. The molecular weight excluding hydrogens is 296 g/mol. The number of nitrogens with zero attached hydrogens (tertiary/aromatic N) is 4. The summed E-state index contributed by atoms with van der Waals surface area (Å²) in [7, 11) is 1.83. The van der Waals surface area contributed by atoms with E-state index in [-0.39, 0.29) is 5.69 Å². The number of hydrogen-bond donors (Lipinski definition) is 0. The van der Waals surface area contributed by atoms with Crippen LogP contribution >= 0.6 is 11.3 Å². The topological polar surface area (TPSA) is 44.8 Å². The number of aromatic nitrogens is 4. The molecule has 1 fully saturated rings. The lowest BCUT2D eigenvalue weighted by Gasteiger charge is -2.21. The van der Waals surface area contributed by atoms with Crippen LogP contribution in [0, 0.1) is 0 Å². The van der Waals surface area contributed by atoms with Crippen molar-refractivity contribution < 1.29 is 0 Å². The van der Waals surface area contributed by atoms with E-state index >= 15 is 0 Å². The molecule has 0 saturated heterocycles. The van der Waals surface area contributed by atoms with Gasteiger partial charge in [-0.25, -0.2) is 4.79 Å². The minimum absolute atomic E-state index is 0.0362. The fourth-order valence-corrected chi connectivity index (χ4v) is 4.31. The molecule has 0 spiro atoms. The molecule has 0 N–H and O–H groups in total. The van der Waals surface area contributed by atoms with Crippen LogP contribution in [0.25, 0.3) is 10.3 Å². The van der Waals surface area contributed by atoms with Gasteiger partial charge >= 0.3 is 5.69 Å². The Bertz CT molecular complexity index is 847. The van der Waals surface area contributed by atoms with Crippen LogP contribution in [-0.4, -0.2) is 18.9 Å². The van der Waals surface area contributed by atoms with Gasteiger partial charge in [0.15, 0.2) is 0 Å². The van der Waals surface area contributed by atoms with Gasteiger partial charge in [-0.1, -0.05) is 19.3 Å². The molecule has 0 atom stereocenters. The Morgan fingerprint density at radius 3 is 2.91 bits per heavy atom. The highest BCUT2D eigenvalue weighted by molar-refractivity contribution is 7.16. The molecule has 4 rings (SSSR count). The maximum atomic E-state index is 12.4. The Hall–Kier alpha value is -1.82. The first-order chi connectivity index (χ1) is 10.7. The Labute approximate surface area is 132 Å². The fraction of sp³-hybridized carbons (Fsp3) is 0.500. The SMILES string of the molecule is Cn1c(=O)n(Cc2ccn(C3CCCCC3)n2)c2ccsc21. The van der Waals surface area contributed by atoms with Gasteiger partial charge in [0.1, 0.15) is 4.83 Å². The van der Waals surface area contributed by atoms with E-state index in [0.717, 1.165) is 16.0 Å². The van der Waals surface area contributed by atoms with Crippen molar-refractivity contribution in [1.29, 1.82) is 0 Å². The van der Waals surface area contributed by atoms with Crippen LogP contribution in [0.3, 0.4) is 0 Å². The number of rotatable bonds is 3. The molecule has 0 amide bonds. The Morgan fingerprint density at radius 1 is 1.27 bits per heavy atom. The Kier molecular flexibility index (Phi) is 3.41. The highest BCUT2D eigenvalue weighted by atomic mass is 32.1. The maximum Gasteiger partial charge on any atom is 0.329 e. The van der Waals surface area contributed by atoms with Gasteiger partial charge in [0.25, 0.3) is 0 Å². The van der Waals surface area contributed by atoms with Crippen LogP contribution in [0.2, 0.25) is 0 Å². The van der Waals surface area contributed by atoms with E-state index in [4.69, 9.17) is 5.10 Å². The van der Waals surface area contributed by atoms with Gasteiger partial charge in [-0.05, 0) is 30.4 Å². The molecule has 1 saturated carbocycles. The summed E-state index contributed by atoms with van der Waals surface area (Å²) in [5, 5.41) is 6.75. The van der Waals surface area contributed by atoms with Crippen molar-refractivity contribution in [3.05, 3.63) is 39.9 Å². The first-order valence-electron chi connectivity index (χ1n) is 7.91. The summed E-state index contributed by atoms with van der Waals surface area (Å²) in [4.78, 5) is 13.4. The minimum Gasteiger partial charge on any atom is -0.286 e. The van der Waals surface area contributed by atoms with E-state index < -0.39 is 0 Å². The largest absolute Gasteiger partial charge is 0.329 e. The number of aryl methyl sites for hydroxylation is 1. The van der Waals surface area contributed by atoms with Crippen LogP contribution in [0.15, 0.2) is 28.5 Å². The third-order valence-electron chi connectivity index (χ3n) is 4.67. The molecular formula is C16H20N4OS. The van der Waals surface area contributed by atoms with Crippen LogP contribution < -0.4 is 5.69 Å². The van der Waals surface area contributed by atoms with Crippen LogP contribution in [0.1, 0.15) is 43.8 Å².